The first kappa shape index (κ1) is 12.5. The van der Waals surface area contributed by atoms with Gasteiger partial charge in [0.1, 0.15) is 0 Å². The normalized spacial score (nSPS) is 27.7. The fourth-order valence-electron chi connectivity index (χ4n) is 1.98. The van der Waals surface area contributed by atoms with Gasteiger partial charge in [-0.1, -0.05) is 6.92 Å². The first-order valence-corrected chi connectivity index (χ1v) is 5.75. The van der Waals surface area contributed by atoms with Gasteiger partial charge in [0.2, 0.25) is 5.91 Å². The molecule has 1 rings (SSSR count). The Balaban J connectivity index is 2.28. The maximum Gasteiger partial charge on any atom is 0.234 e. The zero-order chi connectivity index (χ0) is 11.3. The van der Waals surface area contributed by atoms with Gasteiger partial charge in [0.05, 0.1) is 12.1 Å². The highest BCUT2D eigenvalue weighted by molar-refractivity contribution is 5.77. The monoisotopic (exact) mass is 214 g/mol. The van der Waals surface area contributed by atoms with Gasteiger partial charge in [-0.2, -0.15) is 0 Å². The third-order valence-electron chi connectivity index (χ3n) is 2.69. The van der Waals surface area contributed by atoms with Crippen LogP contribution >= 0.6 is 0 Å². The molecule has 0 spiro atoms. The summed E-state index contributed by atoms with van der Waals surface area (Å²) in [6.07, 6.45) is 2.76. The quantitative estimate of drug-likeness (QED) is 0.710. The van der Waals surface area contributed by atoms with Crippen LogP contribution < -0.4 is 5.32 Å². The van der Waals surface area contributed by atoms with Crippen LogP contribution in [0.15, 0.2) is 0 Å². The van der Waals surface area contributed by atoms with Crippen molar-refractivity contribution in [2.24, 2.45) is 0 Å². The van der Waals surface area contributed by atoms with Crippen LogP contribution in [0.5, 0.6) is 0 Å². The zero-order valence-electron chi connectivity index (χ0n) is 9.75. The molecule has 0 aromatic carbocycles. The van der Waals surface area contributed by atoms with E-state index < -0.39 is 5.60 Å². The number of rotatable bonds is 4. The molecule has 1 atom stereocenters. The van der Waals surface area contributed by atoms with Gasteiger partial charge in [-0.25, -0.2) is 0 Å². The number of nitrogens with one attached hydrogen (secondary N) is 1. The van der Waals surface area contributed by atoms with Crippen molar-refractivity contribution in [3.8, 4) is 0 Å². The molecule has 1 aliphatic heterocycles. The lowest BCUT2D eigenvalue weighted by atomic mass is 9.95. The van der Waals surface area contributed by atoms with Crippen molar-refractivity contribution < 1.29 is 9.90 Å². The van der Waals surface area contributed by atoms with Crippen LogP contribution in [-0.2, 0) is 4.79 Å². The number of hydrogen-bond acceptors (Lipinski definition) is 3. The average molecular weight is 214 g/mol. The third-order valence-corrected chi connectivity index (χ3v) is 2.69. The Bertz CT molecular complexity index is 217. The maximum absolute atomic E-state index is 11.4. The summed E-state index contributed by atoms with van der Waals surface area (Å²) in [5.41, 5.74) is -0.622. The van der Waals surface area contributed by atoms with Crippen LogP contribution in [0.3, 0.4) is 0 Å². The molecule has 0 radical (unpaired) electrons. The highest BCUT2D eigenvalue weighted by Gasteiger charge is 2.28. The van der Waals surface area contributed by atoms with Gasteiger partial charge in [0.15, 0.2) is 0 Å². The predicted molar refractivity (Wildman–Crippen MR) is 59.6 cm³/mol. The van der Waals surface area contributed by atoms with E-state index >= 15 is 0 Å². The van der Waals surface area contributed by atoms with E-state index in [0.29, 0.717) is 13.1 Å². The molecular formula is C11H22N2O2. The lowest BCUT2D eigenvalue weighted by Crippen LogP contribution is -2.49. The van der Waals surface area contributed by atoms with E-state index in [1.54, 1.807) is 0 Å². The van der Waals surface area contributed by atoms with Gasteiger partial charge in [-0.05, 0) is 32.7 Å². The van der Waals surface area contributed by atoms with Gasteiger partial charge in [-0.15, -0.1) is 0 Å². The maximum atomic E-state index is 11.4. The largest absolute Gasteiger partial charge is 0.389 e. The van der Waals surface area contributed by atoms with Crippen molar-refractivity contribution in [3.63, 3.8) is 0 Å². The van der Waals surface area contributed by atoms with Crippen molar-refractivity contribution in [2.45, 2.75) is 38.7 Å². The Hall–Kier alpha value is -0.610. The highest BCUT2D eigenvalue weighted by atomic mass is 16.3. The number of carbonyl (C=O) groups excluding carboxylic acids is 1. The molecule has 4 nitrogen and oxygen atoms in total. The zero-order valence-corrected chi connectivity index (χ0v) is 9.75. The summed E-state index contributed by atoms with van der Waals surface area (Å²) < 4.78 is 0. The molecule has 0 saturated carbocycles. The number of hydrogen-bond donors (Lipinski definition) is 2. The van der Waals surface area contributed by atoms with Crippen LogP contribution in [0.1, 0.15) is 33.1 Å². The van der Waals surface area contributed by atoms with E-state index in [1.165, 1.54) is 0 Å². The number of aliphatic hydroxyl groups is 1. The summed E-state index contributed by atoms with van der Waals surface area (Å²) in [5, 5.41) is 12.7. The first-order chi connectivity index (χ1) is 7.03. The van der Waals surface area contributed by atoms with E-state index in [1.807, 2.05) is 18.7 Å². The number of amides is 1. The Morgan fingerprint density at radius 2 is 2.33 bits per heavy atom. The van der Waals surface area contributed by atoms with Gasteiger partial charge in [0.25, 0.3) is 0 Å². The molecule has 0 aromatic rings. The Morgan fingerprint density at radius 3 is 2.93 bits per heavy atom. The molecule has 15 heavy (non-hydrogen) atoms. The number of piperidine rings is 1. The summed E-state index contributed by atoms with van der Waals surface area (Å²) in [4.78, 5) is 13.5. The minimum absolute atomic E-state index is 0.0644. The number of nitrogens with zero attached hydrogens (tertiary/aromatic N) is 1. The molecule has 88 valence electrons. The summed E-state index contributed by atoms with van der Waals surface area (Å²) in [7, 11) is 0. The molecule has 4 heteroatoms. The van der Waals surface area contributed by atoms with Gasteiger partial charge < -0.3 is 10.4 Å². The SMILES string of the molecule is CCCNC(=O)CN1CCCC(C)(O)C1. The Kier molecular flexibility index (Phi) is 4.54. The molecule has 2 N–H and O–H groups in total. The summed E-state index contributed by atoms with van der Waals surface area (Å²) >= 11 is 0. The second-order valence-electron chi connectivity index (χ2n) is 4.66. The minimum atomic E-state index is -0.622. The Labute approximate surface area is 91.6 Å². The lowest BCUT2D eigenvalue weighted by molar-refractivity contribution is -0.123. The smallest absolute Gasteiger partial charge is 0.234 e. The molecule has 1 fully saturated rings. The fourth-order valence-corrected chi connectivity index (χ4v) is 1.98. The van der Waals surface area contributed by atoms with Crippen LogP contribution in [0, 0.1) is 0 Å². The molecule has 1 heterocycles. The van der Waals surface area contributed by atoms with Crippen molar-refractivity contribution >= 4 is 5.91 Å². The molecule has 0 aliphatic carbocycles. The van der Waals surface area contributed by atoms with Gasteiger partial charge in [-0.3, -0.25) is 9.69 Å². The average Bonchev–Trinajstić information content (AvgIpc) is 2.13. The summed E-state index contributed by atoms with van der Waals surface area (Å²) in [6, 6.07) is 0. The van der Waals surface area contributed by atoms with E-state index in [0.717, 1.165) is 32.4 Å². The topological polar surface area (TPSA) is 52.6 Å². The first-order valence-electron chi connectivity index (χ1n) is 5.75. The molecule has 1 unspecified atom stereocenters. The Morgan fingerprint density at radius 1 is 1.60 bits per heavy atom. The third kappa shape index (κ3) is 4.62. The van der Waals surface area contributed by atoms with Crippen LogP contribution in [0.2, 0.25) is 0 Å². The van der Waals surface area contributed by atoms with Crippen molar-refractivity contribution in [1.82, 2.24) is 10.2 Å². The predicted octanol–water partition coefficient (Wildman–Crippen LogP) is 0.359. The fraction of sp³-hybridized carbons (Fsp3) is 0.909. The summed E-state index contributed by atoms with van der Waals surface area (Å²) in [6.45, 7) is 6.54. The van der Waals surface area contributed by atoms with E-state index in [9.17, 15) is 9.90 Å². The highest BCUT2D eigenvalue weighted by Crippen LogP contribution is 2.19. The van der Waals surface area contributed by atoms with Crippen molar-refractivity contribution in [2.75, 3.05) is 26.2 Å². The van der Waals surface area contributed by atoms with E-state index in [4.69, 9.17) is 0 Å². The standard InChI is InChI=1S/C11H22N2O2/c1-3-6-12-10(14)8-13-7-4-5-11(2,15)9-13/h15H,3-9H2,1-2H3,(H,12,14). The van der Waals surface area contributed by atoms with Gasteiger partial charge in [0, 0.05) is 13.1 Å². The molecule has 0 aromatic heterocycles. The van der Waals surface area contributed by atoms with Crippen molar-refractivity contribution in [3.05, 3.63) is 0 Å². The minimum Gasteiger partial charge on any atom is -0.389 e. The number of carbonyl (C=O) groups is 1. The van der Waals surface area contributed by atoms with E-state index in [-0.39, 0.29) is 5.91 Å². The van der Waals surface area contributed by atoms with Crippen molar-refractivity contribution in [1.29, 1.82) is 0 Å². The number of likely N-dealkylation sites (tertiary alicyclic amines) is 1. The number of β-amino-alcohol motifs (C(OH)–C–C–N with tert-alkyl or cyclic N) is 1. The van der Waals surface area contributed by atoms with Gasteiger partial charge >= 0.3 is 0 Å². The second-order valence-corrected chi connectivity index (χ2v) is 4.66. The molecule has 1 saturated heterocycles. The second kappa shape index (κ2) is 5.47. The van der Waals surface area contributed by atoms with Crippen LogP contribution in [-0.4, -0.2) is 47.7 Å². The van der Waals surface area contributed by atoms with E-state index in [2.05, 4.69) is 5.32 Å². The summed E-state index contributed by atoms with van der Waals surface area (Å²) in [5.74, 6) is 0.0644. The molecular weight excluding hydrogens is 192 g/mol. The molecule has 1 amide bonds. The van der Waals surface area contributed by atoms with Crippen LogP contribution in [0.4, 0.5) is 0 Å². The van der Waals surface area contributed by atoms with Crippen LogP contribution in [0.25, 0.3) is 0 Å². The molecule has 1 aliphatic rings. The lowest BCUT2D eigenvalue weighted by Gasteiger charge is -2.36. The molecule has 0 bridgehead atoms.